The predicted octanol–water partition coefficient (Wildman–Crippen LogP) is 3.76. The van der Waals surface area contributed by atoms with Crippen LogP contribution in [-0.4, -0.2) is 56.4 Å². The van der Waals surface area contributed by atoms with E-state index < -0.39 is 10.0 Å². The highest BCUT2D eigenvalue weighted by atomic mass is 32.2. The second-order valence-corrected chi connectivity index (χ2v) is 10.5. The van der Waals surface area contributed by atoms with Crippen molar-refractivity contribution in [2.24, 2.45) is 0 Å². The molecule has 0 aliphatic carbocycles. The van der Waals surface area contributed by atoms with Crippen LogP contribution in [0.5, 0.6) is 5.75 Å². The van der Waals surface area contributed by atoms with Gasteiger partial charge in [-0.05, 0) is 55.8 Å². The number of fused-ring (bicyclic) bond motifs is 1. The number of para-hydroxylation sites is 1. The summed E-state index contributed by atoms with van der Waals surface area (Å²) in [6.45, 7) is 2.42. The number of aromatic nitrogens is 1. The second-order valence-electron chi connectivity index (χ2n) is 7.32. The monoisotopic (exact) mass is 431 g/mol. The summed E-state index contributed by atoms with van der Waals surface area (Å²) in [5.41, 5.74) is 1.07. The Kier molecular flexibility index (Phi) is 5.87. The number of benzene rings is 2. The first-order valence-corrected chi connectivity index (χ1v) is 12.0. The van der Waals surface area contributed by atoms with Crippen LogP contribution in [0.15, 0.2) is 53.4 Å². The van der Waals surface area contributed by atoms with Gasteiger partial charge in [-0.1, -0.05) is 12.1 Å². The van der Waals surface area contributed by atoms with Gasteiger partial charge in [-0.25, -0.2) is 17.7 Å². The number of likely N-dealkylation sites (tertiary alicyclic amines) is 1. The summed E-state index contributed by atoms with van der Waals surface area (Å²) < 4.78 is 32.6. The fourth-order valence-corrected chi connectivity index (χ4v) is 5.64. The minimum Gasteiger partial charge on any atom is -0.492 e. The van der Waals surface area contributed by atoms with Gasteiger partial charge < -0.3 is 4.74 Å². The summed E-state index contributed by atoms with van der Waals surface area (Å²) in [7, 11) is -0.362. The highest BCUT2D eigenvalue weighted by Crippen LogP contribution is 2.36. The third kappa shape index (κ3) is 4.30. The lowest BCUT2D eigenvalue weighted by Crippen LogP contribution is -2.28. The Balaban J connectivity index is 1.36. The topological polar surface area (TPSA) is 62.7 Å². The van der Waals surface area contributed by atoms with Crippen molar-refractivity contribution >= 4 is 31.6 Å². The Morgan fingerprint density at radius 3 is 2.66 bits per heavy atom. The number of hydrogen-bond donors (Lipinski definition) is 0. The third-order valence-corrected chi connectivity index (χ3v) is 8.18. The van der Waals surface area contributed by atoms with Gasteiger partial charge in [0.2, 0.25) is 10.0 Å². The molecule has 0 saturated carbocycles. The Labute approximate surface area is 175 Å². The molecule has 8 heteroatoms. The molecule has 0 spiro atoms. The van der Waals surface area contributed by atoms with Gasteiger partial charge in [-0.2, -0.15) is 0 Å². The van der Waals surface area contributed by atoms with E-state index in [4.69, 9.17) is 9.72 Å². The second kappa shape index (κ2) is 8.39. The fraction of sp³-hybridized carbons (Fsp3) is 0.381. The van der Waals surface area contributed by atoms with Crippen molar-refractivity contribution in [2.45, 2.75) is 23.8 Å². The summed E-state index contributed by atoms with van der Waals surface area (Å²) in [4.78, 5) is 7.54. The van der Waals surface area contributed by atoms with Crippen molar-refractivity contribution < 1.29 is 13.2 Å². The summed E-state index contributed by atoms with van der Waals surface area (Å²) in [5, 5.41) is 1.18. The Morgan fingerprint density at radius 2 is 1.93 bits per heavy atom. The lowest BCUT2D eigenvalue weighted by Gasteiger charge is -2.22. The number of hydrogen-bond acceptors (Lipinski definition) is 6. The van der Waals surface area contributed by atoms with Crippen molar-refractivity contribution in [1.29, 1.82) is 0 Å². The average Bonchev–Trinajstić information content (AvgIpc) is 3.34. The summed E-state index contributed by atoms with van der Waals surface area (Å²) in [6, 6.07) is 15.2. The van der Waals surface area contributed by atoms with Crippen molar-refractivity contribution in [3.05, 3.63) is 53.5 Å². The van der Waals surface area contributed by atoms with Crippen molar-refractivity contribution in [2.75, 3.05) is 33.8 Å². The normalized spacial score (nSPS) is 18.0. The van der Waals surface area contributed by atoms with Crippen LogP contribution in [0.1, 0.15) is 23.9 Å². The van der Waals surface area contributed by atoms with E-state index in [0.29, 0.717) is 18.4 Å². The van der Waals surface area contributed by atoms with Gasteiger partial charge in [0.1, 0.15) is 17.4 Å². The van der Waals surface area contributed by atoms with Gasteiger partial charge in [-0.15, -0.1) is 11.3 Å². The maximum Gasteiger partial charge on any atom is 0.242 e. The molecule has 1 aliphatic rings. The zero-order valence-electron chi connectivity index (χ0n) is 16.6. The molecule has 1 unspecified atom stereocenters. The van der Waals surface area contributed by atoms with Gasteiger partial charge in [0.25, 0.3) is 0 Å². The standard InChI is InChI=1S/C21H25N3O3S2/c1-23(2)29(25,26)17-11-9-16(10-12-17)27-15-14-24-13-5-7-19(24)21-22-18-6-3-4-8-20(18)28-21/h3-4,6,8-12,19H,5,7,13-15H2,1-2H3. The van der Waals surface area contributed by atoms with Crippen LogP contribution in [0.4, 0.5) is 0 Å². The average molecular weight is 432 g/mol. The largest absolute Gasteiger partial charge is 0.492 e. The van der Waals surface area contributed by atoms with Gasteiger partial charge >= 0.3 is 0 Å². The quantitative estimate of drug-likeness (QED) is 0.570. The zero-order chi connectivity index (χ0) is 20.4. The molecule has 154 valence electrons. The maximum atomic E-state index is 12.1. The van der Waals surface area contributed by atoms with Crippen molar-refractivity contribution in [3.63, 3.8) is 0 Å². The van der Waals surface area contributed by atoms with E-state index >= 15 is 0 Å². The van der Waals surface area contributed by atoms with Gasteiger partial charge in [-0.3, -0.25) is 4.90 Å². The number of ether oxygens (including phenoxy) is 1. The molecule has 2 aromatic carbocycles. The number of thiazole rings is 1. The lowest BCUT2D eigenvalue weighted by atomic mass is 10.2. The van der Waals surface area contributed by atoms with E-state index in [9.17, 15) is 8.42 Å². The zero-order valence-corrected chi connectivity index (χ0v) is 18.2. The van der Waals surface area contributed by atoms with E-state index in [2.05, 4.69) is 23.1 Å². The molecule has 29 heavy (non-hydrogen) atoms. The van der Waals surface area contributed by atoms with Crippen LogP contribution in [0.25, 0.3) is 10.2 Å². The molecule has 1 fully saturated rings. The summed E-state index contributed by atoms with van der Waals surface area (Å²) in [5.74, 6) is 0.679. The molecule has 2 heterocycles. The van der Waals surface area contributed by atoms with Crippen LogP contribution in [0, 0.1) is 0 Å². The van der Waals surface area contributed by atoms with Crippen molar-refractivity contribution in [1.82, 2.24) is 14.2 Å². The molecule has 0 bridgehead atoms. The molecular weight excluding hydrogens is 406 g/mol. The molecule has 0 radical (unpaired) electrons. The lowest BCUT2D eigenvalue weighted by molar-refractivity contribution is 0.197. The van der Waals surface area contributed by atoms with E-state index in [1.807, 2.05) is 6.07 Å². The molecule has 3 aromatic rings. The molecule has 1 saturated heterocycles. The van der Waals surface area contributed by atoms with Gasteiger partial charge in [0.15, 0.2) is 0 Å². The molecular formula is C21H25N3O3S2. The van der Waals surface area contributed by atoms with E-state index in [1.165, 1.54) is 28.1 Å². The third-order valence-electron chi connectivity index (χ3n) is 5.21. The fourth-order valence-electron chi connectivity index (χ4n) is 3.61. The predicted molar refractivity (Wildman–Crippen MR) is 116 cm³/mol. The minimum absolute atomic E-state index is 0.269. The number of rotatable bonds is 7. The first-order valence-electron chi connectivity index (χ1n) is 9.70. The van der Waals surface area contributed by atoms with Crippen LogP contribution >= 0.6 is 11.3 Å². The van der Waals surface area contributed by atoms with Crippen LogP contribution in [0.3, 0.4) is 0 Å². The molecule has 0 amide bonds. The molecule has 6 nitrogen and oxygen atoms in total. The Hall–Kier alpha value is -2.00. The molecule has 1 aromatic heterocycles. The SMILES string of the molecule is CN(C)S(=O)(=O)c1ccc(OCCN2CCCC2c2nc3ccccc3s2)cc1. The number of nitrogens with zero attached hydrogens (tertiary/aromatic N) is 3. The van der Waals surface area contributed by atoms with Gasteiger partial charge in [0, 0.05) is 20.6 Å². The Bertz CT molecular complexity index is 1050. The van der Waals surface area contributed by atoms with Crippen LogP contribution in [-0.2, 0) is 10.0 Å². The minimum atomic E-state index is -3.41. The molecule has 0 N–H and O–H groups in total. The van der Waals surface area contributed by atoms with Gasteiger partial charge in [0.05, 0.1) is 21.2 Å². The first kappa shape index (κ1) is 20.3. The molecule has 1 aliphatic heterocycles. The van der Waals surface area contributed by atoms with E-state index in [-0.39, 0.29) is 4.90 Å². The summed E-state index contributed by atoms with van der Waals surface area (Å²) >= 11 is 1.78. The van der Waals surface area contributed by atoms with Crippen molar-refractivity contribution in [3.8, 4) is 5.75 Å². The highest BCUT2D eigenvalue weighted by molar-refractivity contribution is 7.89. The summed E-state index contributed by atoms with van der Waals surface area (Å²) in [6.07, 6.45) is 2.29. The van der Waals surface area contributed by atoms with Crippen LogP contribution < -0.4 is 4.74 Å². The maximum absolute atomic E-state index is 12.1. The molecule has 1 atom stereocenters. The number of sulfonamides is 1. The molecule has 4 rings (SSSR count). The van der Waals surface area contributed by atoms with E-state index in [1.54, 1.807) is 35.6 Å². The Morgan fingerprint density at radius 1 is 1.17 bits per heavy atom. The van der Waals surface area contributed by atoms with Crippen LogP contribution in [0.2, 0.25) is 0 Å². The highest BCUT2D eigenvalue weighted by Gasteiger charge is 2.28. The smallest absolute Gasteiger partial charge is 0.242 e. The first-order chi connectivity index (χ1) is 13.9. The van der Waals surface area contributed by atoms with E-state index in [0.717, 1.165) is 31.4 Å².